The Morgan fingerprint density at radius 3 is 2.46 bits per heavy atom. The lowest BCUT2D eigenvalue weighted by Gasteiger charge is -2.18. The second kappa shape index (κ2) is 8.65. The van der Waals surface area contributed by atoms with E-state index in [1.54, 1.807) is 13.0 Å². The first-order valence-corrected chi connectivity index (χ1v) is 9.01. The Morgan fingerprint density at radius 2 is 1.77 bits per heavy atom. The molecule has 0 saturated heterocycles. The predicted molar refractivity (Wildman–Crippen MR) is 105 cm³/mol. The van der Waals surface area contributed by atoms with Crippen LogP contribution < -0.4 is 5.32 Å². The summed E-state index contributed by atoms with van der Waals surface area (Å²) in [7, 11) is 0. The van der Waals surface area contributed by atoms with Crippen molar-refractivity contribution in [3.05, 3.63) is 64.7 Å². The fourth-order valence-corrected chi connectivity index (χ4v) is 2.73. The Labute approximate surface area is 155 Å². The molecule has 0 aromatic heterocycles. The summed E-state index contributed by atoms with van der Waals surface area (Å²) in [6.45, 7) is 9.58. The number of benzene rings is 2. The molecule has 0 radical (unpaired) electrons. The van der Waals surface area contributed by atoms with E-state index in [0.29, 0.717) is 11.5 Å². The summed E-state index contributed by atoms with van der Waals surface area (Å²) in [6, 6.07) is 13.3. The second-order valence-corrected chi connectivity index (χ2v) is 6.75. The summed E-state index contributed by atoms with van der Waals surface area (Å²) in [5.41, 5.74) is 4.14. The quantitative estimate of drug-likeness (QED) is 0.744. The Morgan fingerprint density at radius 1 is 1.08 bits per heavy atom. The standard InChI is InChI=1S/C22H27NO3/c1-6-15(3)18-9-7-8-10-20(18)23-21(24)17(5)26-22(25)19-13-14(2)11-12-16(19)4/h7-13,15,17H,6H2,1-5H3,(H,23,24)/t15-,17+/m1/s1. The van der Waals surface area contributed by atoms with E-state index in [4.69, 9.17) is 4.74 Å². The second-order valence-electron chi connectivity index (χ2n) is 6.75. The summed E-state index contributed by atoms with van der Waals surface area (Å²) in [4.78, 5) is 24.9. The van der Waals surface area contributed by atoms with Gasteiger partial charge in [0.25, 0.3) is 5.91 Å². The number of esters is 1. The Bertz CT molecular complexity index is 798. The number of aryl methyl sites for hydroxylation is 2. The van der Waals surface area contributed by atoms with Crippen LogP contribution in [-0.2, 0) is 9.53 Å². The van der Waals surface area contributed by atoms with Crippen molar-refractivity contribution in [2.24, 2.45) is 0 Å². The van der Waals surface area contributed by atoms with Crippen molar-refractivity contribution in [3.63, 3.8) is 0 Å². The zero-order chi connectivity index (χ0) is 19.3. The van der Waals surface area contributed by atoms with Crippen molar-refractivity contribution in [1.29, 1.82) is 0 Å². The number of carbonyl (C=O) groups is 2. The first kappa shape index (κ1) is 19.7. The molecule has 1 amide bonds. The fourth-order valence-electron chi connectivity index (χ4n) is 2.73. The van der Waals surface area contributed by atoms with Gasteiger partial charge in [-0.1, -0.05) is 49.7 Å². The maximum Gasteiger partial charge on any atom is 0.339 e. The molecular weight excluding hydrogens is 326 g/mol. The highest BCUT2D eigenvalue weighted by atomic mass is 16.5. The van der Waals surface area contributed by atoms with Crippen LogP contribution >= 0.6 is 0 Å². The zero-order valence-corrected chi connectivity index (χ0v) is 16.1. The van der Waals surface area contributed by atoms with E-state index in [-0.39, 0.29) is 5.91 Å². The van der Waals surface area contributed by atoms with Crippen LogP contribution in [0.5, 0.6) is 0 Å². The Kier molecular flexibility index (Phi) is 6.56. The van der Waals surface area contributed by atoms with Crippen LogP contribution in [0.1, 0.15) is 60.2 Å². The van der Waals surface area contributed by atoms with Crippen molar-refractivity contribution >= 4 is 17.6 Å². The number of carbonyl (C=O) groups excluding carboxylic acids is 2. The van der Waals surface area contributed by atoms with E-state index in [0.717, 1.165) is 28.8 Å². The van der Waals surface area contributed by atoms with Gasteiger partial charge in [-0.25, -0.2) is 4.79 Å². The van der Waals surface area contributed by atoms with Gasteiger partial charge in [-0.3, -0.25) is 4.79 Å². The number of amides is 1. The number of para-hydroxylation sites is 1. The lowest BCUT2D eigenvalue weighted by molar-refractivity contribution is -0.123. The molecule has 2 aromatic carbocycles. The van der Waals surface area contributed by atoms with Crippen molar-refractivity contribution in [3.8, 4) is 0 Å². The zero-order valence-electron chi connectivity index (χ0n) is 16.1. The van der Waals surface area contributed by atoms with Gasteiger partial charge in [-0.05, 0) is 56.4 Å². The summed E-state index contributed by atoms with van der Waals surface area (Å²) < 4.78 is 5.38. The van der Waals surface area contributed by atoms with Gasteiger partial charge in [0.05, 0.1) is 5.56 Å². The SMILES string of the molecule is CC[C@@H](C)c1ccccc1NC(=O)[C@H](C)OC(=O)c1cc(C)ccc1C. The third kappa shape index (κ3) is 4.72. The molecule has 2 aromatic rings. The van der Waals surface area contributed by atoms with Crippen LogP contribution in [0, 0.1) is 13.8 Å². The van der Waals surface area contributed by atoms with Gasteiger partial charge in [-0.15, -0.1) is 0 Å². The van der Waals surface area contributed by atoms with Gasteiger partial charge < -0.3 is 10.1 Å². The summed E-state index contributed by atoms with van der Waals surface area (Å²) in [6.07, 6.45) is 0.0942. The van der Waals surface area contributed by atoms with E-state index >= 15 is 0 Å². The maximum atomic E-state index is 12.5. The molecule has 0 spiro atoms. The molecule has 0 aliphatic carbocycles. The first-order valence-electron chi connectivity index (χ1n) is 9.01. The van der Waals surface area contributed by atoms with Crippen LogP contribution in [0.25, 0.3) is 0 Å². The Balaban J connectivity index is 2.09. The number of nitrogens with one attached hydrogen (secondary N) is 1. The van der Waals surface area contributed by atoms with Crippen molar-refractivity contribution < 1.29 is 14.3 Å². The smallest absolute Gasteiger partial charge is 0.339 e. The molecule has 0 saturated carbocycles. The highest BCUT2D eigenvalue weighted by molar-refractivity contribution is 5.98. The Hall–Kier alpha value is -2.62. The van der Waals surface area contributed by atoms with Gasteiger partial charge >= 0.3 is 5.97 Å². The first-order chi connectivity index (χ1) is 12.3. The van der Waals surface area contributed by atoms with Gasteiger partial charge in [0, 0.05) is 5.69 Å². The number of hydrogen-bond acceptors (Lipinski definition) is 3. The molecule has 4 heteroatoms. The van der Waals surface area contributed by atoms with Crippen LogP contribution in [0.15, 0.2) is 42.5 Å². The minimum Gasteiger partial charge on any atom is -0.449 e. The molecule has 138 valence electrons. The average Bonchev–Trinajstić information content (AvgIpc) is 2.63. The van der Waals surface area contributed by atoms with Crippen LogP contribution in [0.2, 0.25) is 0 Å². The van der Waals surface area contributed by atoms with Crippen LogP contribution in [-0.4, -0.2) is 18.0 Å². The van der Waals surface area contributed by atoms with Gasteiger partial charge in [0.15, 0.2) is 6.10 Å². The highest BCUT2D eigenvalue weighted by Crippen LogP contribution is 2.26. The lowest BCUT2D eigenvalue weighted by atomic mass is 9.97. The summed E-state index contributed by atoms with van der Waals surface area (Å²) in [5.74, 6) is -0.484. The molecule has 0 heterocycles. The van der Waals surface area contributed by atoms with E-state index in [1.807, 2.05) is 50.2 Å². The van der Waals surface area contributed by atoms with E-state index < -0.39 is 12.1 Å². The third-order valence-electron chi connectivity index (χ3n) is 4.63. The van der Waals surface area contributed by atoms with Gasteiger partial charge in [-0.2, -0.15) is 0 Å². The normalized spacial score (nSPS) is 13.0. The molecule has 0 aliphatic rings. The predicted octanol–water partition coefficient (Wildman–Crippen LogP) is 5.00. The van der Waals surface area contributed by atoms with E-state index in [1.165, 1.54) is 0 Å². The number of hydrogen-bond donors (Lipinski definition) is 1. The van der Waals surface area contributed by atoms with Crippen molar-refractivity contribution in [2.45, 2.75) is 53.1 Å². The molecule has 2 rings (SSSR count). The molecular formula is C22H27NO3. The van der Waals surface area contributed by atoms with Crippen LogP contribution in [0.4, 0.5) is 5.69 Å². The molecule has 0 unspecified atom stereocenters. The fraction of sp³-hybridized carbons (Fsp3) is 0.364. The summed E-state index contributed by atoms with van der Waals surface area (Å²) >= 11 is 0. The largest absolute Gasteiger partial charge is 0.449 e. The minimum absolute atomic E-state index is 0.333. The molecule has 1 N–H and O–H groups in total. The molecule has 0 aliphatic heterocycles. The van der Waals surface area contributed by atoms with Gasteiger partial charge in [0.2, 0.25) is 0 Å². The molecule has 4 nitrogen and oxygen atoms in total. The molecule has 0 fully saturated rings. The van der Waals surface area contributed by atoms with Crippen LogP contribution in [0.3, 0.4) is 0 Å². The van der Waals surface area contributed by atoms with Crippen molar-refractivity contribution in [2.75, 3.05) is 5.32 Å². The highest BCUT2D eigenvalue weighted by Gasteiger charge is 2.21. The molecule has 2 atom stereocenters. The number of anilines is 1. The average molecular weight is 353 g/mol. The minimum atomic E-state index is -0.882. The molecule has 26 heavy (non-hydrogen) atoms. The third-order valence-corrected chi connectivity index (χ3v) is 4.63. The number of rotatable bonds is 6. The topological polar surface area (TPSA) is 55.4 Å². The van der Waals surface area contributed by atoms with Gasteiger partial charge in [0.1, 0.15) is 0 Å². The van der Waals surface area contributed by atoms with E-state index in [2.05, 4.69) is 19.2 Å². The lowest BCUT2D eigenvalue weighted by Crippen LogP contribution is -2.30. The number of ether oxygens (including phenoxy) is 1. The van der Waals surface area contributed by atoms with Crippen molar-refractivity contribution in [1.82, 2.24) is 0 Å². The molecule has 0 bridgehead atoms. The monoisotopic (exact) mass is 353 g/mol. The van der Waals surface area contributed by atoms with E-state index in [9.17, 15) is 9.59 Å². The summed E-state index contributed by atoms with van der Waals surface area (Å²) in [5, 5.41) is 2.89. The maximum absolute atomic E-state index is 12.5.